The molecule has 118 valence electrons. The van der Waals surface area contributed by atoms with E-state index >= 15 is 0 Å². The lowest BCUT2D eigenvalue weighted by atomic mass is 10.2. The van der Waals surface area contributed by atoms with E-state index in [2.05, 4.69) is 10.3 Å². The van der Waals surface area contributed by atoms with Crippen molar-refractivity contribution < 1.29 is 23.9 Å². The fourth-order valence-corrected chi connectivity index (χ4v) is 1.67. The summed E-state index contributed by atoms with van der Waals surface area (Å²) in [7, 11) is 1.51. The Morgan fingerprint density at radius 2 is 1.83 bits per heavy atom. The van der Waals surface area contributed by atoms with Gasteiger partial charge in [0, 0.05) is 11.8 Å². The number of aromatic nitrogens is 1. The van der Waals surface area contributed by atoms with Crippen LogP contribution in [-0.4, -0.2) is 36.5 Å². The molecule has 0 spiro atoms. The number of esters is 1. The minimum Gasteiger partial charge on any atom is -0.497 e. The van der Waals surface area contributed by atoms with Gasteiger partial charge in [-0.3, -0.25) is 14.9 Å². The van der Waals surface area contributed by atoms with Gasteiger partial charge in [-0.2, -0.15) is 0 Å². The standard InChI is InChI=1S/C16H14N2O5/c1-22-12-7-5-11(6-8-12)15(20)18-14(19)10-23-16(21)13-4-2-3-9-17-13/h2-9H,10H2,1H3,(H,18,19,20). The molecule has 2 rings (SSSR count). The molecule has 0 aliphatic heterocycles. The third-order valence-electron chi connectivity index (χ3n) is 2.81. The van der Waals surface area contributed by atoms with Crippen molar-refractivity contribution in [3.05, 3.63) is 59.9 Å². The van der Waals surface area contributed by atoms with Crippen LogP contribution in [0.1, 0.15) is 20.8 Å². The van der Waals surface area contributed by atoms with Gasteiger partial charge in [-0.25, -0.2) is 9.78 Å². The Labute approximate surface area is 132 Å². The van der Waals surface area contributed by atoms with Crippen LogP contribution in [0.3, 0.4) is 0 Å². The van der Waals surface area contributed by atoms with E-state index in [1.165, 1.54) is 31.5 Å². The highest BCUT2D eigenvalue weighted by Crippen LogP contribution is 2.11. The van der Waals surface area contributed by atoms with Gasteiger partial charge in [0.1, 0.15) is 11.4 Å². The Balaban J connectivity index is 1.84. The molecule has 1 aromatic carbocycles. The number of amides is 2. The molecule has 0 aliphatic carbocycles. The van der Waals surface area contributed by atoms with E-state index in [4.69, 9.17) is 9.47 Å². The molecule has 0 saturated heterocycles. The maximum atomic E-state index is 11.8. The van der Waals surface area contributed by atoms with Gasteiger partial charge in [-0.1, -0.05) is 6.07 Å². The van der Waals surface area contributed by atoms with Crippen molar-refractivity contribution >= 4 is 17.8 Å². The number of benzene rings is 1. The van der Waals surface area contributed by atoms with Crippen LogP contribution < -0.4 is 10.1 Å². The monoisotopic (exact) mass is 314 g/mol. The third-order valence-corrected chi connectivity index (χ3v) is 2.81. The Morgan fingerprint density at radius 1 is 1.09 bits per heavy atom. The highest BCUT2D eigenvalue weighted by molar-refractivity contribution is 6.05. The molecule has 0 unspecified atom stereocenters. The maximum Gasteiger partial charge on any atom is 0.357 e. The van der Waals surface area contributed by atoms with Crippen LogP contribution in [0, 0.1) is 0 Å². The van der Waals surface area contributed by atoms with Gasteiger partial charge >= 0.3 is 5.97 Å². The van der Waals surface area contributed by atoms with Crippen molar-refractivity contribution in [2.75, 3.05) is 13.7 Å². The summed E-state index contributed by atoms with van der Waals surface area (Å²) in [6.07, 6.45) is 1.43. The molecule has 0 radical (unpaired) electrons. The van der Waals surface area contributed by atoms with Gasteiger partial charge in [-0.15, -0.1) is 0 Å². The fourth-order valence-electron chi connectivity index (χ4n) is 1.67. The first-order chi connectivity index (χ1) is 11.1. The number of rotatable bonds is 5. The minimum atomic E-state index is -0.738. The number of pyridine rings is 1. The second-order valence-corrected chi connectivity index (χ2v) is 4.40. The summed E-state index contributed by atoms with van der Waals surface area (Å²) in [4.78, 5) is 38.9. The Hall–Kier alpha value is -3.22. The van der Waals surface area contributed by atoms with Crippen LogP contribution in [0.5, 0.6) is 5.75 Å². The zero-order valence-electron chi connectivity index (χ0n) is 12.3. The number of nitrogens with one attached hydrogen (secondary N) is 1. The predicted molar refractivity (Wildman–Crippen MR) is 80.0 cm³/mol. The van der Waals surface area contributed by atoms with Gasteiger partial charge in [0.05, 0.1) is 7.11 Å². The molecule has 23 heavy (non-hydrogen) atoms. The van der Waals surface area contributed by atoms with E-state index in [0.717, 1.165) is 0 Å². The Kier molecular flexibility index (Phi) is 5.40. The van der Waals surface area contributed by atoms with Crippen LogP contribution in [0.25, 0.3) is 0 Å². The number of imide groups is 1. The van der Waals surface area contributed by atoms with E-state index in [9.17, 15) is 14.4 Å². The number of nitrogens with zero attached hydrogens (tertiary/aromatic N) is 1. The molecule has 1 heterocycles. The van der Waals surface area contributed by atoms with E-state index < -0.39 is 24.4 Å². The number of carbonyl (C=O) groups is 3. The van der Waals surface area contributed by atoms with Crippen LogP contribution in [0.4, 0.5) is 0 Å². The first-order valence-electron chi connectivity index (χ1n) is 6.66. The van der Waals surface area contributed by atoms with Crippen molar-refractivity contribution in [1.29, 1.82) is 0 Å². The van der Waals surface area contributed by atoms with Gasteiger partial charge in [0.25, 0.3) is 11.8 Å². The molecule has 1 N–H and O–H groups in total. The number of hydrogen-bond donors (Lipinski definition) is 1. The second kappa shape index (κ2) is 7.69. The van der Waals surface area contributed by atoms with Crippen molar-refractivity contribution in [2.45, 2.75) is 0 Å². The van der Waals surface area contributed by atoms with Crippen LogP contribution >= 0.6 is 0 Å². The fraction of sp³-hybridized carbons (Fsp3) is 0.125. The molecule has 0 saturated carbocycles. The lowest BCUT2D eigenvalue weighted by molar-refractivity contribution is -0.123. The molecule has 7 nitrogen and oxygen atoms in total. The first kappa shape index (κ1) is 16.2. The van der Waals surface area contributed by atoms with Crippen molar-refractivity contribution in [3.63, 3.8) is 0 Å². The van der Waals surface area contributed by atoms with Gasteiger partial charge in [0.2, 0.25) is 0 Å². The summed E-state index contributed by atoms with van der Waals surface area (Å²) in [5.41, 5.74) is 0.372. The topological polar surface area (TPSA) is 94.6 Å². The summed E-state index contributed by atoms with van der Waals surface area (Å²) < 4.78 is 9.75. The van der Waals surface area contributed by atoms with E-state index in [-0.39, 0.29) is 11.3 Å². The lowest BCUT2D eigenvalue weighted by Gasteiger charge is -2.06. The predicted octanol–water partition coefficient (Wildman–Crippen LogP) is 1.20. The van der Waals surface area contributed by atoms with E-state index in [1.807, 2.05) is 0 Å². The SMILES string of the molecule is COc1ccc(C(=O)NC(=O)COC(=O)c2ccccn2)cc1. The van der Waals surface area contributed by atoms with E-state index in [1.54, 1.807) is 24.3 Å². The van der Waals surface area contributed by atoms with Gasteiger partial charge in [0.15, 0.2) is 6.61 Å². The molecular weight excluding hydrogens is 300 g/mol. The smallest absolute Gasteiger partial charge is 0.357 e. The normalized spacial score (nSPS) is 9.78. The molecule has 0 bridgehead atoms. The summed E-state index contributed by atoms with van der Waals surface area (Å²) >= 11 is 0. The average Bonchev–Trinajstić information content (AvgIpc) is 2.60. The Morgan fingerprint density at radius 3 is 2.43 bits per heavy atom. The largest absolute Gasteiger partial charge is 0.497 e. The lowest BCUT2D eigenvalue weighted by Crippen LogP contribution is -2.34. The third kappa shape index (κ3) is 4.63. The second-order valence-electron chi connectivity index (χ2n) is 4.40. The number of hydrogen-bond acceptors (Lipinski definition) is 6. The summed E-state index contributed by atoms with van der Waals surface area (Å²) in [6.45, 7) is -0.572. The Bertz CT molecular complexity index is 698. The van der Waals surface area contributed by atoms with Crippen molar-refractivity contribution in [3.8, 4) is 5.75 Å². The molecular formula is C16H14N2O5. The molecule has 2 amide bonds. The average molecular weight is 314 g/mol. The number of methoxy groups -OCH3 is 1. The van der Waals surface area contributed by atoms with Gasteiger partial charge in [-0.05, 0) is 36.4 Å². The molecule has 0 atom stereocenters. The summed E-state index contributed by atoms with van der Waals surface area (Å²) in [5.74, 6) is -1.46. The van der Waals surface area contributed by atoms with Crippen LogP contribution in [0.2, 0.25) is 0 Å². The quantitative estimate of drug-likeness (QED) is 0.833. The maximum absolute atomic E-state index is 11.8. The summed E-state index contributed by atoms with van der Waals surface area (Å²) in [6, 6.07) is 11.0. The van der Waals surface area contributed by atoms with Gasteiger partial charge < -0.3 is 9.47 Å². The molecule has 7 heteroatoms. The molecule has 0 aliphatic rings. The molecule has 2 aromatic rings. The molecule has 0 fully saturated rings. The van der Waals surface area contributed by atoms with Crippen molar-refractivity contribution in [1.82, 2.24) is 10.3 Å². The zero-order chi connectivity index (χ0) is 16.7. The van der Waals surface area contributed by atoms with Crippen molar-refractivity contribution in [2.24, 2.45) is 0 Å². The van der Waals surface area contributed by atoms with E-state index in [0.29, 0.717) is 5.75 Å². The molecule has 1 aromatic heterocycles. The highest BCUT2D eigenvalue weighted by atomic mass is 16.5. The zero-order valence-corrected chi connectivity index (χ0v) is 12.3. The van der Waals surface area contributed by atoms with Crippen LogP contribution in [0.15, 0.2) is 48.7 Å². The minimum absolute atomic E-state index is 0.0850. The number of carbonyl (C=O) groups excluding carboxylic acids is 3. The number of ether oxygens (including phenoxy) is 2. The highest BCUT2D eigenvalue weighted by Gasteiger charge is 2.14. The first-order valence-corrected chi connectivity index (χ1v) is 6.66. The van der Waals surface area contributed by atoms with Crippen LogP contribution in [-0.2, 0) is 9.53 Å². The summed E-state index contributed by atoms with van der Waals surface area (Å²) in [5, 5.41) is 2.12.